The Kier molecular flexibility index (Phi) is 4.73. The largest absolute Gasteiger partial charge is 0.468 e. The van der Waals surface area contributed by atoms with Crippen molar-refractivity contribution in [1.82, 2.24) is 0 Å². The number of anilines is 1. The lowest BCUT2D eigenvalue weighted by Gasteiger charge is -2.13. The molecule has 0 aromatic heterocycles. The van der Waals surface area contributed by atoms with Gasteiger partial charge >= 0.3 is 5.97 Å². The molecule has 0 aliphatic rings. The van der Waals surface area contributed by atoms with Gasteiger partial charge in [-0.25, -0.2) is 22.0 Å². The summed E-state index contributed by atoms with van der Waals surface area (Å²) in [6.45, 7) is 1.17. The van der Waals surface area contributed by atoms with Gasteiger partial charge in [0.25, 0.3) is 0 Å². The number of methoxy groups -OCH3 is 1. The molecule has 1 rings (SSSR count). The first-order chi connectivity index (χ1) is 9.08. The fourth-order valence-electron chi connectivity index (χ4n) is 1.26. The van der Waals surface area contributed by atoms with E-state index in [1.165, 1.54) is 19.1 Å². The molecular weight excluding hydrogens is 308 g/mol. The zero-order valence-corrected chi connectivity index (χ0v) is 12.4. The summed E-state index contributed by atoms with van der Waals surface area (Å²) in [5.41, 5.74) is 0.105. The Labute approximate surface area is 117 Å². The molecule has 1 aromatic rings. The van der Waals surface area contributed by atoms with Crippen molar-refractivity contribution < 1.29 is 26.4 Å². The first-order valence-corrected chi connectivity index (χ1v) is 8.39. The van der Waals surface area contributed by atoms with Crippen molar-refractivity contribution in [2.75, 3.05) is 11.8 Å². The van der Waals surface area contributed by atoms with E-state index < -0.39 is 31.3 Å². The van der Waals surface area contributed by atoms with Crippen molar-refractivity contribution in [2.45, 2.75) is 17.1 Å². The molecule has 20 heavy (non-hydrogen) atoms. The summed E-state index contributed by atoms with van der Waals surface area (Å²) < 4.78 is 52.2. The number of carbonyl (C=O) groups is 1. The number of hydrogen-bond acceptors (Lipinski definition) is 6. The number of rotatable bonds is 5. The van der Waals surface area contributed by atoms with Crippen LogP contribution < -0.4 is 9.86 Å². The number of ether oxygens (including phenoxy) is 1. The fourth-order valence-corrected chi connectivity index (χ4v) is 2.76. The highest BCUT2D eigenvalue weighted by molar-refractivity contribution is 7.94. The molecule has 0 saturated heterocycles. The van der Waals surface area contributed by atoms with E-state index in [2.05, 4.69) is 9.46 Å². The van der Waals surface area contributed by atoms with Gasteiger partial charge in [-0.15, -0.1) is 0 Å². The molecule has 1 unspecified atom stereocenters. The predicted molar refractivity (Wildman–Crippen MR) is 71.8 cm³/mol. The van der Waals surface area contributed by atoms with Crippen molar-refractivity contribution in [3.8, 4) is 0 Å². The van der Waals surface area contributed by atoms with Gasteiger partial charge in [0, 0.05) is 5.69 Å². The lowest BCUT2D eigenvalue weighted by atomic mass is 10.3. The first kappa shape index (κ1) is 16.4. The SMILES string of the molecule is COC(=O)C(C)S(=O)(=O)Nc1ccc(S(N)(=O)=O)cc1. The maximum atomic E-state index is 11.8. The van der Waals surface area contributed by atoms with Gasteiger partial charge in [-0.3, -0.25) is 9.52 Å². The van der Waals surface area contributed by atoms with Crippen LogP contribution in [0.4, 0.5) is 5.69 Å². The Morgan fingerprint density at radius 1 is 1.20 bits per heavy atom. The average molecular weight is 322 g/mol. The third-order valence-electron chi connectivity index (χ3n) is 2.44. The summed E-state index contributed by atoms with van der Waals surface area (Å²) in [7, 11) is -6.75. The zero-order valence-electron chi connectivity index (χ0n) is 10.7. The minimum Gasteiger partial charge on any atom is -0.468 e. The minimum atomic E-state index is -3.98. The molecule has 0 fully saturated rings. The van der Waals surface area contributed by atoms with Crippen LogP contribution in [-0.4, -0.2) is 35.2 Å². The van der Waals surface area contributed by atoms with E-state index in [9.17, 15) is 21.6 Å². The first-order valence-electron chi connectivity index (χ1n) is 5.30. The van der Waals surface area contributed by atoms with Gasteiger partial charge in [0.15, 0.2) is 5.25 Å². The molecule has 1 aromatic carbocycles. The highest BCUT2D eigenvalue weighted by Gasteiger charge is 2.28. The fraction of sp³-hybridized carbons (Fsp3) is 0.300. The van der Waals surface area contributed by atoms with E-state index in [4.69, 9.17) is 5.14 Å². The molecule has 3 N–H and O–H groups in total. The van der Waals surface area contributed by atoms with Gasteiger partial charge in [0.05, 0.1) is 12.0 Å². The summed E-state index contributed by atoms with van der Waals surface area (Å²) in [5.74, 6) is -0.904. The molecule has 0 aliphatic heterocycles. The van der Waals surface area contributed by atoms with Gasteiger partial charge in [0.1, 0.15) is 0 Å². The van der Waals surface area contributed by atoms with E-state index in [0.29, 0.717) is 0 Å². The highest BCUT2D eigenvalue weighted by atomic mass is 32.2. The average Bonchev–Trinajstić information content (AvgIpc) is 2.36. The molecule has 0 amide bonds. The van der Waals surface area contributed by atoms with Crippen molar-refractivity contribution in [3.63, 3.8) is 0 Å². The van der Waals surface area contributed by atoms with Crippen LogP contribution in [0.1, 0.15) is 6.92 Å². The third kappa shape index (κ3) is 3.92. The van der Waals surface area contributed by atoms with Crippen molar-refractivity contribution in [3.05, 3.63) is 24.3 Å². The number of nitrogens with two attached hydrogens (primary N) is 1. The van der Waals surface area contributed by atoms with Gasteiger partial charge < -0.3 is 4.74 Å². The Bertz CT molecular complexity index is 694. The number of nitrogens with one attached hydrogen (secondary N) is 1. The monoisotopic (exact) mass is 322 g/mol. The molecule has 0 spiro atoms. The molecule has 0 aliphatic carbocycles. The summed E-state index contributed by atoms with van der Waals surface area (Å²) in [6, 6.07) is 4.74. The molecule has 0 heterocycles. The van der Waals surface area contributed by atoms with Crippen molar-refractivity contribution >= 4 is 31.7 Å². The third-order valence-corrected chi connectivity index (χ3v) is 5.01. The minimum absolute atomic E-state index is 0.105. The Hall–Kier alpha value is -1.65. The summed E-state index contributed by atoms with van der Waals surface area (Å²) in [6.07, 6.45) is 0. The number of carbonyl (C=O) groups excluding carboxylic acids is 1. The van der Waals surface area contributed by atoms with E-state index in [1.807, 2.05) is 0 Å². The van der Waals surface area contributed by atoms with E-state index >= 15 is 0 Å². The van der Waals surface area contributed by atoms with Gasteiger partial charge in [-0.05, 0) is 31.2 Å². The molecule has 0 bridgehead atoms. The number of benzene rings is 1. The van der Waals surface area contributed by atoms with E-state index in [0.717, 1.165) is 19.2 Å². The van der Waals surface area contributed by atoms with Gasteiger partial charge in [-0.1, -0.05) is 0 Å². The molecule has 112 valence electrons. The van der Waals surface area contributed by atoms with E-state index in [1.54, 1.807) is 0 Å². The molecule has 1 atom stereocenters. The van der Waals surface area contributed by atoms with Gasteiger partial charge in [-0.2, -0.15) is 0 Å². The van der Waals surface area contributed by atoms with E-state index in [-0.39, 0.29) is 10.6 Å². The molecule has 10 heteroatoms. The molecule has 0 saturated carbocycles. The Balaban J connectivity index is 2.97. The van der Waals surface area contributed by atoms with Crippen LogP contribution in [0.25, 0.3) is 0 Å². The molecular formula is C10H14N2O6S2. The predicted octanol–water partition coefficient (Wildman–Crippen LogP) is -0.363. The summed E-state index contributed by atoms with van der Waals surface area (Å²) in [4.78, 5) is 11.0. The quantitative estimate of drug-likeness (QED) is 0.711. The molecule has 0 radical (unpaired) electrons. The Morgan fingerprint density at radius 3 is 2.10 bits per heavy atom. The smallest absolute Gasteiger partial charge is 0.325 e. The van der Waals surface area contributed by atoms with Crippen LogP contribution in [0.15, 0.2) is 29.2 Å². The highest BCUT2D eigenvalue weighted by Crippen LogP contribution is 2.16. The normalized spacial score (nSPS) is 13.6. The van der Waals surface area contributed by atoms with Crippen molar-refractivity contribution in [1.29, 1.82) is 0 Å². The van der Waals surface area contributed by atoms with Crippen LogP contribution in [0.2, 0.25) is 0 Å². The molecule has 8 nitrogen and oxygen atoms in total. The Morgan fingerprint density at radius 2 is 1.70 bits per heavy atom. The maximum absolute atomic E-state index is 11.8. The lowest BCUT2D eigenvalue weighted by molar-refractivity contribution is -0.139. The zero-order chi connectivity index (χ0) is 15.6. The second-order valence-corrected chi connectivity index (χ2v) is 7.44. The summed E-state index contributed by atoms with van der Waals surface area (Å²) >= 11 is 0. The van der Waals surface area contributed by atoms with Crippen LogP contribution >= 0.6 is 0 Å². The lowest BCUT2D eigenvalue weighted by Crippen LogP contribution is -2.33. The van der Waals surface area contributed by atoms with Crippen LogP contribution in [0.3, 0.4) is 0 Å². The number of hydrogen-bond donors (Lipinski definition) is 2. The second-order valence-electron chi connectivity index (χ2n) is 3.88. The number of sulfonamides is 2. The van der Waals surface area contributed by atoms with Gasteiger partial charge in [0.2, 0.25) is 20.0 Å². The topological polar surface area (TPSA) is 133 Å². The standard InChI is InChI=1S/C10H14N2O6S2/c1-7(10(13)18-2)20(16,17)12-8-3-5-9(6-4-8)19(11,14)15/h3-7,12H,1-2H3,(H2,11,14,15). The second kappa shape index (κ2) is 5.77. The summed E-state index contributed by atoms with van der Waals surface area (Å²) in [5, 5.41) is 3.51. The number of primary sulfonamides is 1. The maximum Gasteiger partial charge on any atom is 0.325 e. The van der Waals surface area contributed by atoms with Crippen LogP contribution in [0, 0.1) is 0 Å². The number of esters is 1. The van der Waals surface area contributed by atoms with Crippen molar-refractivity contribution in [2.24, 2.45) is 5.14 Å². The van der Waals surface area contributed by atoms with Crippen LogP contribution in [0.5, 0.6) is 0 Å². The van der Waals surface area contributed by atoms with Crippen LogP contribution in [-0.2, 0) is 29.6 Å².